The van der Waals surface area contributed by atoms with Gasteiger partial charge in [-0.15, -0.1) is 0 Å². The number of halogens is 1. The van der Waals surface area contributed by atoms with Gasteiger partial charge in [0, 0.05) is 5.56 Å². The number of methoxy groups -OCH3 is 1. The minimum atomic E-state index is -0.326. The number of hydrogen-bond donors (Lipinski definition) is 1. The van der Waals surface area contributed by atoms with E-state index in [0.29, 0.717) is 28.4 Å². The van der Waals surface area contributed by atoms with E-state index in [4.69, 9.17) is 19.6 Å². The van der Waals surface area contributed by atoms with Gasteiger partial charge in [-0.3, -0.25) is 0 Å². The summed E-state index contributed by atoms with van der Waals surface area (Å²) in [5.74, 6) is 1.80. The third kappa shape index (κ3) is 3.27. The van der Waals surface area contributed by atoms with Gasteiger partial charge in [0.2, 0.25) is 5.71 Å². The fraction of sp³-hybridized carbons (Fsp3) is 0.100. The Morgan fingerprint density at radius 2 is 1.70 bits per heavy atom. The van der Waals surface area contributed by atoms with Crippen LogP contribution in [0.3, 0.4) is 0 Å². The van der Waals surface area contributed by atoms with Crippen molar-refractivity contribution in [2.75, 3.05) is 12.8 Å². The van der Waals surface area contributed by atoms with Gasteiger partial charge in [-0.05, 0) is 42.0 Å². The van der Waals surface area contributed by atoms with Crippen molar-refractivity contribution in [3.05, 3.63) is 66.4 Å². The van der Waals surface area contributed by atoms with E-state index >= 15 is 0 Å². The molecule has 2 N–H and O–H groups in total. The van der Waals surface area contributed by atoms with Crippen molar-refractivity contribution in [2.45, 2.75) is 6.61 Å². The van der Waals surface area contributed by atoms with Crippen LogP contribution in [0.15, 0.2) is 59.3 Å². The summed E-state index contributed by atoms with van der Waals surface area (Å²) in [6.45, 7) is 0.128. The minimum Gasteiger partial charge on any atom is -0.497 e. The highest BCUT2D eigenvalue weighted by Gasteiger charge is 2.20. The standard InChI is InChI=1S/C20H16FN3O3/c1-25-14-6-2-12(3-7-14)17-16(10-26-15-8-4-13(21)5-9-15)27-20-18(17)19(22)23-11-24-20/h2-9,11H,10H2,1H3,(H2,22,23,24). The molecule has 0 aliphatic heterocycles. The maximum Gasteiger partial charge on any atom is 0.232 e. The number of hydrogen-bond acceptors (Lipinski definition) is 6. The monoisotopic (exact) mass is 365 g/mol. The van der Waals surface area contributed by atoms with Crippen molar-refractivity contribution in [1.82, 2.24) is 9.97 Å². The molecule has 2 heterocycles. The average molecular weight is 365 g/mol. The Bertz CT molecular complexity index is 1080. The first-order valence-corrected chi connectivity index (χ1v) is 8.20. The van der Waals surface area contributed by atoms with Gasteiger partial charge in [0.05, 0.1) is 12.5 Å². The lowest BCUT2D eigenvalue weighted by Gasteiger charge is -2.08. The number of furan rings is 1. The maximum atomic E-state index is 13.1. The van der Waals surface area contributed by atoms with E-state index in [1.807, 2.05) is 24.3 Å². The highest BCUT2D eigenvalue weighted by Crippen LogP contribution is 2.37. The van der Waals surface area contributed by atoms with Gasteiger partial charge < -0.3 is 19.6 Å². The van der Waals surface area contributed by atoms with Crippen molar-refractivity contribution in [1.29, 1.82) is 0 Å². The SMILES string of the molecule is COc1ccc(-c2c(COc3ccc(F)cc3)oc3ncnc(N)c23)cc1. The molecule has 0 spiro atoms. The van der Waals surface area contributed by atoms with E-state index in [2.05, 4.69) is 9.97 Å². The molecule has 0 saturated heterocycles. The molecule has 0 atom stereocenters. The van der Waals surface area contributed by atoms with Crippen LogP contribution in [-0.2, 0) is 6.61 Å². The van der Waals surface area contributed by atoms with Crippen LogP contribution in [-0.4, -0.2) is 17.1 Å². The first-order valence-electron chi connectivity index (χ1n) is 8.20. The number of fused-ring (bicyclic) bond motifs is 1. The number of aromatic nitrogens is 2. The van der Waals surface area contributed by atoms with Gasteiger partial charge in [0.25, 0.3) is 0 Å². The topological polar surface area (TPSA) is 83.4 Å². The second-order valence-corrected chi connectivity index (χ2v) is 5.81. The Morgan fingerprint density at radius 1 is 1.00 bits per heavy atom. The molecule has 0 aliphatic carbocycles. The molecular weight excluding hydrogens is 349 g/mol. The third-order valence-corrected chi connectivity index (χ3v) is 4.15. The smallest absolute Gasteiger partial charge is 0.232 e. The van der Waals surface area contributed by atoms with E-state index in [1.54, 1.807) is 19.2 Å². The summed E-state index contributed by atoms with van der Waals surface area (Å²) in [7, 11) is 1.61. The van der Waals surface area contributed by atoms with Crippen LogP contribution in [0.2, 0.25) is 0 Å². The molecule has 2 aromatic carbocycles. The minimum absolute atomic E-state index is 0.128. The summed E-state index contributed by atoms with van der Waals surface area (Å²) < 4.78 is 29.9. The Hall–Kier alpha value is -3.61. The Labute approximate surface area is 154 Å². The predicted octanol–water partition coefficient (Wildman–Crippen LogP) is 4.20. The van der Waals surface area contributed by atoms with Crippen LogP contribution in [0.4, 0.5) is 10.2 Å². The first-order chi connectivity index (χ1) is 13.2. The molecule has 4 rings (SSSR count). The van der Waals surface area contributed by atoms with E-state index in [-0.39, 0.29) is 12.4 Å². The molecule has 0 amide bonds. The molecule has 6 nitrogen and oxygen atoms in total. The number of nitrogens with zero attached hydrogens (tertiary/aromatic N) is 2. The molecule has 0 bridgehead atoms. The molecule has 0 fully saturated rings. The number of anilines is 1. The summed E-state index contributed by atoms with van der Waals surface area (Å²) >= 11 is 0. The number of nitrogens with two attached hydrogens (primary N) is 1. The highest BCUT2D eigenvalue weighted by molar-refractivity contribution is 6.00. The second-order valence-electron chi connectivity index (χ2n) is 5.81. The third-order valence-electron chi connectivity index (χ3n) is 4.15. The van der Waals surface area contributed by atoms with Crippen molar-refractivity contribution in [3.8, 4) is 22.6 Å². The molecule has 2 aromatic heterocycles. The van der Waals surface area contributed by atoms with Crippen LogP contribution in [0.5, 0.6) is 11.5 Å². The van der Waals surface area contributed by atoms with Crippen molar-refractivity contribution >= 4 is 16.9 Å². The highest BCUT2D eigenvalue weighted by atomic mass is 19.1. The van der Waals surface area contributed by atoms with Crippen LogP contribution >= 0.6 is 0 Å². The largest absolute Gasteiger partial charge is 0.497 e. The number of nitrogen functional groups attached to an aromatic ring is 1. The molecule has 0 radical (unpaired) electrons. The van der Waals surface area contributed by atoms with Crippen molar-refractivity contribution in [3.63, 3.8) is 0 Å². The molecule has 7 heteroatoms. The molecule has 4 aromatic rings. The summed E-state index contributed by atoms with van der Waals surface area (Å²) in [5.41, 5.74) is 8.08. The zero-order valence-corrected chi connectivity index (χ0v) is 14.5. The fourth-order valence-electron chi connectivity index (χ4n) is 2.85. The van der Waals surface area contributed by atoms with Gasteiger partial charge in [0.1, 0.15) is 36.1 Å². The fourth-order valence-corrected chi connectivity index (χ4v) is 2.85. The average Bonchev–Trinajstić information content (AvgIpc) is 3.07. The normalized spacial score (nSPS) is 10.9. The van der Waals surface area contributed by atoms with Gasteiger partial charge in [-0.2, -0.15) is 0 Å². The molecule has 0 saturated carbocycles. The zero-order valence-electron chi connectivity index (χ0n) is 14.5. The zero-order chi connectivity index (χ0) is 18.8. The second kappa shape index (κ2) is 6.95. The van der Waals surface area contributed by atoms with Gasteiger partial charge in [0.15, 0.2) is 5.76 Å². The van der Waals surface area contributed by atoms with Gasteiger partial charge >= 0.3 is 0 Å². The van der Waals surface area contributed by atoms with E-state index in [0.717, 1.165) is 16.9 Å². The number of rotatable bonds is 5. The lowest BCUT2D eigenvalue weighted by molar-refractivity contribution is 0.274. The molecule has 136 valence electrons. The lowest BCUT2D eigenvalue weighted by atomic mass is 10.0. The van der Waals surface area contributed by atoms with Crippen LogP contribution in [0.1, 0.15) is 5.76 Å². The summed E-state index contributed by atoms with van der Waals surface area (Å²) in [6, 6.07) is 13.3. The number of benzene rings is 2. The van der Waals surface area contributed by atoms with Crippen LogP contribution < -0.4 is 15.2 Å². The number of ether oxygens (including phenoxy) is 2. The Balaban J connectivity index is 1.76. The predicted molar refractivity (Wildman–Crippen MR) is 98.9 cm³/mol. The molecule has 0 unspecified atom stereocenters. The molecular formula is C20H16FN3O3. The first kappa shape index (κ1) is 16.8. The molecule has 27 heavy (non-hydrogen) atoms. The maximum absolute atomic E-state index is 13.1. The van der Waals surface area contributed by atoms with Gasteiger partial charge in [-0.1, -0.05) is 12.1 Å². The Morgan fingerprint density at radius 3 is 2.41 bits per heavy atom. The van der Waals surface area contributed by atoms with Crippen LogP contribution in [0.25, 0.3) is 22.2 Å². The van der Waals surface area contributed by atoms with E-state index in [9.17, 15) is 4.39 Å². The van der Waals surface area contributed by atoms with E-state index in [1.165, 1.54) is 18.5 Å². The molecule has 0 aliphatic rings. The Kier molecular flexibility index (Phi) is 4.33. The van der Waals surface area contributed by atoms with Crippen molar-refractivity contribution in [2.24, 2.45) is 0 Å². The lowest BCUT2D eigenvalue weighted by Crippen LogP contribution is -1.97. The quantitative estimate of drug-likeness (QED) is 0.571. The summed E-state index contributed by atoms with van der Waals surface area (Å²) in [4.78, 5) is 8.23. The van der Waals surface area contributed by atoms with Crippen molar-refractivity contribution < 1.29 is 18.3 Å². The van der Waals surface area contributed by atoms with Crippen LogP contribution in [0, 0.1) is 5.82 Å². The summed E-state index contributed by atoms with van der Waals surface area (Å²) in [5, 5.41) is 0.625. The van der Waals surface area contributed by atoms with E-state index < -0.39 is 0 Å². The summed E-state index contributed by atoms with van der Waals surface area (Å²) in [6.07, 6.45) is 1.35. The van der Waals surface area contributed by atoms with Gasteiger partial charge in [-0.25, -0.2) is 14.4 Å².